The second kappa shape index (κ2) is 10.6. The van der Waals surface area contributed by atoms with Crippen LogP contribution in [0.4, 0.5) is 5.69 Å². The highest BCUT2D eigenvalue weighted by molar-refractivity contribution is 8.04. The van der Waals surface area contributed by atoms with Gasteiger partial charge in [0.1, 0.15) is 11.6 Å². The first kappa shape index (κ1) is 23.1. The first-order chi connectivity index (χ1) is 15.4. The fourth-order valence-corrected chi connectivity index (χ4v) is 4.24. The van der Waals surface area contributed by atoms with Crippen molar-refractivity contribution < 1.29 is 19.1 Å². The largest absolute Gasteiger partial charge is 0.462 e. The highest BCUT2D eigenvalue weighted by Crippen LogP contribution is 2.32. The molecule has 1 heterocycles. The van der Waals surface area contributed by atoms with E-state index in [-0.39, 0.29) is 16.5 Å². The van der Waals surface area contributed by atoms with E-state index in [1.54, 1.807) is 43.3 Å². The molecule has 1 aliphatic heterocycles. The Morgan fingerprint density at radius 3 is 2.34 bits per heavy atom. The van der Waals surface area contributed by atoms with E-state index >= 15 is 0 Å². The zero-order chi connectivity index (χ0) is 23.1. The maximum absolute atomic E-state index is 12.6. The molecule has 1 atom stereocenters. The van der Waals surface area contributed by atoms with Crippen LogP contribution < -0.4 is 10.6 Å². The molecule has 8 heteroatoms. The Balaban J connectivity index is 1.68. The van der Waals surface area contributed by atoms with Gasteiger partial charge >= 0.3 is 5.97 Å². The number of rotatable bonds is 7. The number of carbonyl (C=O) groups is 3. The van der Waals surface area contributed by atoms with Gasteiger partial charge < -0.3 is 15.4 Å². The molecule has 0 unspecified atom stereocenters. The number of nitrogens with one attached hydrogen (secondary N) is 2. The van der Waals surface area contributed by atoms with E-state index in [0.717, 1.165) is 29.3 Å². The Morgan fingerprint density at radius 1 is 1.09 bits per heavy atom. The first-order valence-corrected chi connectivity index (χ1v) is 11.1. The van der Waals surface area contributed by atoms with Crippen LogP contribution in [0, 0.1) is 11.3 Å². The molecule has 0 radical (unpaired) electrons. The summed E-state index contributed by atoms with van der Waals surface area (Å²) < 4.78 is 4.97. The number of nitrogens with zero attached hydrogens (tertiary/aromatic N) is 1. The van der Waals surface area contributed by atoms with Crippen molar-refractivity contribution in [3.05, 3.63) is 75.8 Å². The van der Waals surface area contributed by atoms with Crippen molar-refractivity contribution in [2.45, 2.75) is 31.9 Å². The predicted octanol–water partition coefficient (Wildman–Crippen LogP) is 3.57. The third kappa shape index (κ3) is 5.56. The fourth-order valence-electron chi connectivity index (χ4n) is 3.10. The van der Waals surface area contributed by atoms with E-state index in [9.17, 15) is 19.6 Å². The summed E-state index contributed by atoms with van der Waals surface area (Å²) in [7, 11) is 0. The number of hydrogen-bond acceptors (Lipinski definition) is 6. The molecule has 2 aromatic carbocycles. The summed E-state index contributed by atoms with van der Waals surface area (Å²) in [4.78, 5) is 36.8. The molecule has 1 saturated heterocycles. The van der Waals surface area contributed by atoms with Crippen molar-refractivity contribution in [2.24, 2.45) is 0 Å². The number of amides is 2. The van der Waals surface area contributed by atoms with E-state index in [4.69, 9.17) is 4.74 Å². The zero-order valence-corrected chi connectivity index (χ0v) is 18.6. The predicted molar refractivity (Wildman–Crippen MR) is 123 cm³/mol. The van der Waals surface area contributed by atoms with Gasteiger partial charge in [0.2, 0.25) is 5.91 Å². The minimum atomic E-state index is -0.570. The van der Waals surface area contributed by atoms with Crippen LogP contribution in [-0.4, -0.2) is 29.6 Å². The summed E-state index contributed by atoms with van der Waals surface area (Å²) in [5.74, 6) is -1.24. The SMILES string of the molecule is CCOC(=O)c1ccc(C[C@H]2S/C(=C(/C#N)C(=O)Nc3ccc(CC)cc3)NC2=O)cc1. The van der Waals surface area contributed by atoms with Gasteiger partial charge in [-0.05, 0) is 55.2 Å². The van der Waals surface area contributed by atoms with Gasteiger partial charge in [0.25, 0.3) is 5.91 Å². The van der Waals surface area contributed by atoms with Crippen LogP contribution in [0.2, 0.25) is 0 Å². The third-order valence-corrected chi connectivity index (χ3v) is 6.07. The molecule has 0 aromatic heterocycles. The lowest BCUT2D eigenvalue weighted by atomic mass is 10.1. The highest BCUT2D eigenvalue weighted by atomic mass is 32.2. The molecule has 2 amide bonds. The molecule has 0 bridgehead atoms. The molecule has 1 fully saturated rings. The maximum Gasteiger partial charge on any atom is 0.338 e. The highest BCUT2D eigenvalue weighted by Gasteiger charge is 2.33. The molecule has 0 aliphatic carbocycles. The van der Waals surface area contributed by atoms with Crippen LogP contribution in [0.1, 0.15) is 35.3 Å². The van der Waals surface area contributed by atoms with E-state index in [2.05, 4.69) is 10.6 Å². The molecule has 2 aromatic rings. The maximum atomic E-state index is 12.6. The fraction of sp³-hybridized carbons (Fsp3) is 0.250. The van der Waals surface area contributed by atoms with E-state index in [0.29, 0.717) is 24.3 Å². The smallest absolute Gasteiger partial charge is 0.338 e. The number of ether oxygens (including phenoxy) is 1. The number of aryl methyl sites for hydroxylation is 1. The lowest BCUT2D eigenvalue weighted by Gasteiger charge is -2.08. The number of anilines is 1. The molecule has 32 heavy (non-hydrogen) atoms. The molecule has 0 saturated carbocycles. The van der Waals surface area contributed by atoms with E-state index in [1.165, 1.54) is 0 Å². The van der Waals surface area contributed by atoms with Gasteiger partial charge in [-0.1, -0.05) is 43.0 Å². The molecule has 2 N–H and O–H groups in total. The number of carbonyl (C=O) groups excluding carboxylic acids is 3. The summed E-state index contributed by atoms with van der Waals surface area (Å²) in [5.41, 5.74) is 2.87. The van der Waals surface area contributed by atoms with Crippen molar-refractivity contribution >= 4 is 35.2 Å². The normalized spacial score (nSPS) is 16.7. The number of esters is 1. The van der Waals surface area contributed by atoms with Crippen LogP contribution in [0.3, 0.4) is 0 Å². The van der Waals surface area contributed by atoms with Crippen LogP contribution in [0.25, 0.3) is 0 Å². The zero-order valence-electron chi connectivity index (χ0n) is 17.8. The van der Waals surface area contributed by atoms with Gasteiger partial charge in [-0.3, -0.25) is 9.59 Å². The van der Waals surface area contributed by atoms with Gasteiger partial charge in [0.05, 0.1) is 22.4 Å². The van der Waals surface area contributed by atoms with Crippen LogP contribution in [-0.2, 0) is 27.2 Å². The number of benzene rings is 2. The monoisotopic (exact) mass is 449 g/mol. The average molecular weight is 450 g/mol. The van der Waals surface area contributed by atoms with E-state index in [1.807, 2.05) is 25.1 Å². The summed E-state index contributed by atoms with van der Waals surface area (Å²) >= 11 is 1.15. The first-order valence-electron chi connectivity index (χ1n) is 10.2. The van der Waals surface area contributed by atoms with Crippen molar-refractivity contribution in [2.75, 3.05) is 11.9 Å². The molecule has 3 rings (SSSR count). The van der Waals surface area contributed by atoms with Crippen molar-refractivity contribution in [1.82, 2.24) is 5.32 Å². The van der Waals surface area contributed by atoms with Crippen LogP contribution >= 0.6 is 11.8 Å². The minimum Gasteiger partial charge on any atom is -0.462 e. The van der Waals surface area contributed by atoms with Gasteiger partial charge in [-0.15, -0.1) is 0 Å². The molecule has 164 valence electrons. The van der Waals surface area contributed by atoms with Gasteiger partial charge in [-0.25, -0.2) is 4.79 Å². The second-order valence-electron chi connectivity index (χ2n) is 7.04. The Bertz CT molecular complexity index is 1090. The molecule has 0 spiro atoms. The Kier molecular flexibility index (Phi) is 7.68. The second-order valence-corrected chi connectivity index (χ2v) is 8.25. The quantitative estimate of drug-likeness (QED) is 0.380. The summed E-state index contributed by atoms with van der Waals surface area (Å²) in [5, 5.41) is 14.6. The van der Waals surface area contributed by atoms with Gasteiger partial charge in [0, 0.05) is 5.69 Å². The number of nitriles is 1. The van der Waals surface area contributed by atoms with Crippen LogP contribution in [0.5, 0.6) is 0 Å². The van der Waals surface area contributed by atoms with E-state index < -0.39 is 17.1 Å². The summed E-state index contributed by atoms with van der Waals surface area (Å²) in [6.07, 6.45) is 1.28. The number of thioether (sulfide) groups is 1. The lowest BCUT2D eigenvalue weighted by Crippen LogP contribution is -2.25. The van der Waals surface area contributed by atoms with Gasteiger partial charge in [0.15, 0.2) is 0 Å². The Labute approximate surface area is 190 Å². The molecule has 7 nitrogen and oxygen atoms in total. The van der Waals surface area contributed by atoms with Gasteiger partial charge in [-0.2, -0.15) is 5.26 Å². The van der Waals surface area contributed by atoms with Crippen molar-refractivity contribution in [3.8, 4) is 6.07 Å². The number of hydrogen-bond donors (Lipinski definition) is 2. The van der Waals surface area contributed by atoms with Crippen LogP contribution in [0.15, 0.2) is 59.1 Å². The van der Waals surface area contributed by atoms with Crippen molar-refractivity contribution in [3.63, 3.8) is 0 Å². The summed E-state index contributed by atoms with van der Waals surface area (Å²) in [6.45, 7) is 4.08. The standard InChI is InChI=1S/C24H23N3O4S/c1-3-15-7-11-18(12-8-15)26-21(28)19(14-25)23-27-22(29)20(32-23)13-16-5-9-17(10-6-16)24(30)31-4-2/h5-12,20H,3-4,13H2,1-2H3,(H,26,28)(H,27,29)/b23-19-/t20-/m1/s1. The summed E-state index contributed by atoms with van der Waals surface area (Å²) in [6, 6.07) is 16.1. The molecular formula is C24H23N3O4S. The van der Waals surface area contributed by atoms with Crippen molar-refractivity contribution in [1.29, 1.82) is 5.26 Å². The molecular weight excluding hydrogens is 426 g/mol. The topological polar surface area (TPSA) is 108 Å². The third-order valence-electron chi connectivity index (χ3n) is 4.86. The average Bonchev–Trinajstić information content (AvgIpc) is 3.15. The lowest BCUT2D eigenvalue weighted by molar-refractivity contribution is -0.119. The Morgan fingerprint density at radius 2 is 1.75 bits per heavy atom. The Hall–Kier alpha value is -3.57. The minimum absolute atomic E-state index is 0.136. The molecule has 1 aliphatic rings.